The largest absolute Gasteiger partial charge is 0.481 e. The number of amides is 1. The smallest absolute Gasteiger partial charge is 0.260 e. The normalized spacial score (nSPS) is 12.0. The number of halogens is 2. The van der Waals surface area contributed by atoms with Crippen molar-refractivity contribution >= 4 is 17.5 Å². The van der Waals surface area contributed by atoms with Gasteiger partial charge < -0.3 is 10.1 Å². The minimum Gasteiger partial charge on any atom is -0.481 e. The van der Waals surface area contributed by atoms with Gasteiger partial charge in [0.1, 0.15) is 11.6 Å². The number of hydrogen-bond donors (Lipinski definition) is 1. The van der Waals surface area contributed by atoms with Crippen molar-refractivity contribution in [3.8, 4) is 5.75 Å². The summed E-state index contributed by atoms with van der Waals surface area (Å²) >= 11 is 5.55. The lowest BCUT2D eigenvalue weighted by atomic mass is 10.3. The molecule has 0 aliphatic heterocycles. The maximum atomic E-state index is 13.2. The molecule has 0 radical (unpaired) electrons. The number of ether oxygens (including phenoxy) is 1. The predicted molar refractivity (Wildman–Crippen MR) is 69.4 cm³/mol. The summed E-state index contributed by atoms with van der Waals surface area (Å²) < 4.78 is 18.5. The SMILES string of the molecule is CCCCNC(=O)C(C)Oc1ccc(Cl)c(F)c1. The third-order valence-corrected chi connectivity index (χ3v) is 2.71. The fraction of sp³-hybridized carbons (Fsp3) is 0.462. The molecular formula is C13H17ClFNO2. The Balaban J connectivity index is 2.50. The molecular weight excluding hydrogens is 257 g/mol. The van der Waals surface area contributed by atoms with Crippen LogP contribution in [0.25, 0.3) is 0 Å². The minimum absolute atomic E-state index is 0.0300. The molecule has 1 aromatic carbocycles. The third kappa shape index (κ3) is 4.53. The van der Waals surface area contributed by atoms with E-state index in [0.29, 0.717) is 6.54 Å². The number of carbonyl (C=O) groups excluding carboxylic acids is 1. The van der Waals surface area contributed by atoms with Crippen LogP contribution in [0.2, 0.25) is 5.02 Å². The summed E-state index contributed by atoms with van der Waals surface area (Å²) in [4.78, 5) is 11.6. The first-order valence-electron chi connectivity index (χ1n) is 5.94. The van der Waals surface area contributed by atoms with E-state index in [9.17, 15) is 9.18 Å². The van der Waals surface area contributed by atoms with Crippen molar-refractivity contribution in [3.63, 3.8) is 0 Å². The quantitative estimate of drug-likeness (QED) is 0.809. The molecule has 0 fully saturated rings. The Kier molecular flexibility index (Phi) is 5.92. The van der Waals surface area contributed by atoms with Crippen molar-refractivity contribution in [1.29, 1.82) is 0 Å². The van der Waals surface area contributed by atoms with E-state index < -0.39 is 11.9 Å². The van der Waals surface area contributed by atoms with Crippen molar-refractivity contribution in [2.45, 2.75) is 32.8 Å². The number of benzene rings is 1. The van der Waals surface area contributed by atoms with Gasteiger partial charge in [0.2, 0.25) is 0 Å². The maximum Gasteiger partial charge on any atom is 0.260 e. The maximum absolute atomic E-state index is 13.2. The lowest BCUT2D eigenvalue weighted by Crippen LogP contribution is -2.36. The zero-order chi connectivity index (χ0) is 13.5. The molecule has 1 rings (SSSR count). The van der Waals surface area contributed by atoms with E-state index in [2.05, 4.69) is 5.32 Å². The summed E-state index contributed by atoms with van der Waals surface area (Å²) in [7, 11) is 0. The molecule has 0 aromatic heterocycles. The van der Waals surface area contributed by atoms with Gasteiger partial charge in [0, 0.05) is 12.6 Å². The van der Waals surface area contributed by atoms with Crippen LogP contribution in [0.3, 0.4) is 0 Å². The second kappa shape index (κ2) is 7.21. The average molecular weight is 274 g/mol. The molecule has 1 amide bonds. The molecule has 100 valence electrons. The molecule has 0 saturated heterocycles. The van der Waals surface area contributed by atoms with Crippen LogP contribution < -0.4 is 10.1 Å². The van der Waals surface area contributed by atoms with Gasteiger partial charge in [-0.3, -0.25) is 4.79 Å². The monoisotopic (exact) mass is 273 g/mol. The van der Waals surface area contributed by atoms with Gasteiger partial charge in [0.05, 0.1) is 5.02 Å². The highest BCUT2D eigenvalue weighted by Crippen LogP contribution is 2.21. The van der Waals surface area contributed by atoms with Crippen molar-refractivity contribution < 1.29 is 13.9 Å². The van der Waals surface area contributed by atoms with Gasteiger partial charge in [-0.2, -0.15) is 0 Å². The molecule has 0 spiro atoms. The Bertz CT molecular complexity index is 412. The second-order valence-electron chi connectivity index (χ2n) is 3.98. The molecule has 5 heteroatoms. The first-order valence-corrected chi connectivity index (χ1v) is 6.31. The molecule has 0 bridgehead atoms. The highest BCUT2D eigenvalue weighted by atomic mass is 35.5. The van der Waals surface area contributed by atoms with Crippen molar-refractivity contribution in [3.05, 3.63) is 29.0 Å². The van der Waals surface area contributed by atoms with Gasteiger partial charge in [-0.05, 0) is 25.5 Å². The van der Waals surface area contributed by atoms with Crippen LogP contribution in [0.15, 0.2) is 18.2 Å². The predicted octanol–water partition coefficient (Wildman–Crippen LogP) is 3.16. The third-order valence-electron chi connectivity index (χ3n) is 2.40. The summed E-state index contributed by atoms with van der Waals surface area (Å²) in [5, 5.41) is 2.78. The Morgan fingerprint density at radius 2 is 2.28 bits per heavy atom. The van der Waals surface area contributed by atoms with Crippen LogP contribution in [-0.2, 0) is 4.79 Å². The van der Waals surface area contributed by atoms with Crippen LogP contribution in [-0.4, -0.2) is 18.6 Å². The molecule has 3 nitrogen and oxygen atoms in total. The van der Waals surface area contributed by atoms with Gasteiger partial charge in [-0.15, -0.1) is 0 Å². The first kappa shape index (κ1) is 14.8. The first-order chi connectivity index (χ1) is 8.54. The molecule has 0 saturated carbocycles. The molecule has 18 heavy (non-hydrogen) atoms. The Hall–Kier alpha value is -1.29. The number of rotatable bonds is 6. The zero-order valence-corrected chi connectivity index (χ0v) is 11.3. The minimum atomic E-state index is -0.664. The van der Waals surface area contributed by atoms with Gasteiger partial charge in [-0.1, -0.05) is 24.9 Å². The Morgan fingerprint density at radius 3 is 2.89 bits per heavy atom. The Morgan fingerprint density at radius 1 is 1.56 bits per heavy atom. The van der Waals surface area contributed by atoms with Crippen molar-refractivity contribution in [2.24, 2.45) is 0 Å². The van der Waals surface area contributed by atoms with Crippen molar-refractivity contribution in [2.75, 3.05) is 6.54 Å². The number of unbranched alkanes of at least 4 members (excludes halogenated alkanes) is 1. The average Bonchev–Trinajstić information content (AvgIpc) is 2.34. The fourth-order valence-electron chi connectivity index (χ4n) is 1.34. The van der Waals surface area contributed by atoms with Gasteiger partial charge in [0.15, 0.2) is 6.10 Å². The lowest BCUT2D eigenvalue weighted by Gasteiger charge is -2.14. The standard InChI is InChI=1S/C13H17ClFNO2/c1-3-4-7-16-13(17)9(2)18-10-5-6-11(14)12(15)8-10/h5-6,8-9H,3-4,7H2,1-2H3,(H,16,17). The summed E-state index contributed by atoms with van der Waals surface area (Å²) in [6, 6.07) is 4.09. The Labute approximate surface area is 111 Å². The van der Waals surface area contributed by atoms with E-state index in [4.69, 9.17) is 16.3 Å². The van der Waals surface area contributed by atoms with E-state index >= 15 is 0 Å². The van der Waals surface area contributed by atoms with Crippen molar-refractivity contribution in [1.82, 2.24) is 5.32 Å². The molecule has 1 aromatic rings. The zero-order valence-electron chi connectivity index (χ0n) is 10.5. The molecule has 0 aliphatic rings. The van der Waals surface area contributed by atoms with E-state index in [1.54, 1.807) is 6.92 Å². The van der Waals surface area contributed by atoms with Crippen LogP contribution in [0.4, 0.5) is 4.39 Å². The van der Waals surface area contributed by atoms with Crippen LogP contribution in [0.5, 0.6) is 5.75 Å². The van der Waals surface area contributed by atoms with E-state index in [0.717, 1.165) is 18.9 Å². The van der Waals surface area contributed by atoms with E-state index in [1.165, 1.54) is 12.1 Å². The lowest BCUT2D eigenvalue weighted by molar-refractivity contribution is -0.127. The van der Waals surface area contributed by atoms with Crippen LogP contribution in [0, 0.1) is 5.82 Å². The molecule has 0 heterocycles. The summed E-state index contributed by atoms with van der Waals surface area (Å²) in [5.41, 5.74) is 0. The summed E-state index contributed by atoms with van der Waals surface area (Å²) in [5.74, 6) is -0.485. The van der Waals surface area contributed by atoms with Gasteiger partial charge in [-0.25, -0.2) is 4.39 Å². The molecule has 1 atom stereocenters. The van der Waals surface area contributed by atoms with E-state index in [-0.39, 0.29) is 16.7 Å². The highest BCUT2D eigenvalue weighted by Gasteiger charge is 2.14. The molecule has 1 N–H and O–H groups in total. The van der Waals surface area contributed by atoms with Gasteiger partial charge in [0.25, 0.3) is 5.91 Å². The number of hydrogen-bond acceptors (Lipinski definition) is 2. The van der Waals surface area contributed by atoms with Crippen LogP contribution in [0.1, 0.15) is 26.7 Å². The highest BCUT2D eigenvalue weighted by molar-refractivity contribution is 6.30. The number of carbonyl (C=O) groups is 1. The number of nitrogens with one attached hydrogen (secondary N) is 1. The summed E-state index contributed by atoms with van der Waals surface area (Å²) in [6.45, 7) is 4.29. The second-order valence-corrected chi connectivity index (χ2v) is 4.39. The molecule has 1 unspecified atom stereocenters. The van der Waals surface area contributed by atoms with Crippen LogP contribution >= 0.6 is 11.6 Å². The van der Waals surface area contributed by atoms with Gasteiger partial charge >= 0.3 is 0 Å². The fourth-order valence-corrected chi connectivity index (χ4v) is 1.46. The topological polar surface area (TPSA) is 38.3 Å². The van der Waals surface area contributed by atoms with E-state index in [1.807, 2.05) is 6.92 Å². The summed E-state index contributed by atoms with van der Waals surface area (Å²) in [6.07, 6.45) is 1.27. The molecule has 0 aliphatic carbocycles.